The van der Waals surface area contributed by atoms with Crippen molar-refractivity contribution in [3.63, 3.8) is 0 Å². The van der Waals surface area contributed by atoms with Gasteiger partial charge in [-0.05, 0) is 48.4 Å². The second-order valence-corrected chi connectivity index (χ2v) is 8.12. The summed E-state index contributed by atoms with van der Waals surface area (Å²) in [5.41, 5.74) is 2.64. The van der Waals surface area contributed by atoms with Gasteiger partial charge >= 0.3 is 5.97 Å². The summed E-state index contributed by atoms with van der Waals surface area (Å²) < 4.78 is 16.6. The van der Waals surface area contributed by atoms with E-state index in [-0.39, 0.29) is 17.3 Å². The zero-order valence-electron chi connectivity index (χ0n) is 19.0. The van der Waals surface area contributed by atoms with Crippen LogP contribution < -0.4 is 9.47 Å². The fraction of sp³-hybridized carbons (Fsp3) is 0.154. The second kappa shape index (κ2) is 10.4. The highest BCUT2D eigenvalue weighted by Gasteiger charge is 2.25. The highest BCUT2D eigenvalue weighted by molar-refractivity contribution is 6.32. The van der Waals surface area contributed by atoms with Gasteiger partial charge in [-0.1, -0.05) is 41.9 Å². The molecule has 1 aliphatic rings. The zero-order valence-corrected chi connectivity index (χ0v) is 19.7. The van der Waals surface area contributed by atoms with Gasteiger partial charge in [-0.2, -0.15) is 0 Å². The summed E-state index contributed by atoms with van der Waals surface area (Å²) in [6, 6.07) is 17.7. The molecule has 4 rings (SSSR count). The molecule has 0 bridgehead atoms. The number of hydrogen-bond donors (Lipinski definition) is 0. The van der Waals surface area contributed by atoms with Crippen molar-refractivity contribution in [2.75, 3.05) is 13.7 Å². The quantitative estimate of drug-likeness (QED) is 0.177. The summed E-state index contributed by atoms with van der Waals surface area (Å²) in [5.74, 6) is 0.248. The van der Waals surface area contributed by atoms with Crippen molar-refractivity contribution in [3.8, 4) is 11.5 Å². The smallest absolute Gasteiger partial charge is 0.363 e. The Morgan fingerprint density at radius 2 is 1.91 bits per heavy atom. The molecule has 0 saturated carbocycles. The van der Waals surface area contributed by atoms with Gasteiger partial charge in [0.15, 0.2) is 17.2 Å². The number of methoxy groups -OCH3 is 1. The third-order valence-corrected chi connectivity index (χ3v) is 5.58. The van der Waals surface area contributed by atoms with E-state index in [4.69, 9.17) is 25.8 Å². The number of carbonyl (C=O) groups is 1. The Hall–Kier alpha value is -4.17. The molecule has 8 nitrogen and oxygen atoms in total. The van der Waals surface area contributed by atoms with E-state index >= 15 is 0 Å². The number of aryl methyl sites for hydroxylation is 1. The number of halogens is 1. The van der Waals surface area contributed by atoms with Crippen molar-refractivity contribution in [1.82, 2.24) is 0 Å². The van der Waals surface area contributed by atoms with E-state index in [0.29, 0.717) is 46.2 Å². The Kier molecular flexibility index (Phi) is 7.12. The van der Waals surface area contributed by atoms with Crippen LogP contribution in [0.5, 0.6) is 11.5 Å². The van der Waals surface area contributed by atoms with Gasteiger partial charge in [0.05, 0.1) is 23.7 Å². The SMILES string of the molecule is COc1cc(/C=C2\N=C(c3ccc([N+](=O)[O-])c(C)c3)OC2=O)cc(Cl)c1OCCc1ccccc1. The average Bonchev–Trinajstić information content (AvgIpc) is 3.20. The molecule has 9 heteroatoms. The normalized spacial score (nSPS) is 14.0. The Balaban J connectivity index is 1.55. The molecule has 0 unspecified atom stereocenters. The number of nitro groups is 1. The highest BCUT2D eigenvalue weighted by atomic mass is 35.5. The number of cyclic esters (lactones) is 1. The van der Waals surface area contributed by atoms with Crippen LogP contribution in [0, 0.1) is 17.0 Å². The Labute approximate surface area is 206 Å². The number of rotatable bonds is 8. The average molecular weight is 493 g/mol. The summed E-state index contributed by atoms with van der Waals surface area (Å²) in [7, 11) is 1.50. The van der Waals surface area contributed by atoms with Gasteiger partial charge in [0.1, 0.15) is 0 Å². The van der Waals surface area contributed by atoms with Crippen LogP contribution in [0.25, 0.3) is 6.08 Å². The standard InChI is InChI=1S/C26H21ClN2O6/c1-16-12-19(8-9-22(16)29(31)32)25-28-21(26(30)35-25)14-18-13-20(27)24(23(15-18)33-2)34-11-10-17-6-4-3-5-7-17/h3-9,12-15H,10-11H2,1-2H3/b21-14-. The number of esters is 1. The number of carbonyl (C=O) groups excluding carboxylic acids is 1. The van der Waals surface area contributed by atoms with Crippen LogP contribution in [-0.2, 0) is 16.0 Å². The molecule has 1 heterocycles. The van der Waals surface area contributed by atoms with Crippen LogP contribution in [0.4, 0.5) is 5.69 Å². The summed E-state index contributed by atoms with van der Waals surface area (Å²) >= 11 is 6.46. The Morgan fingerprint density at radius 1 is 1.14 bits per heavy atom. The van der Waals surface area contributed by atoms with E-state index in [2.05, 4.69) is 4.99 Å². The second-order valence-electron chi connectivity index (χ2n) is 7.71. The van der Waals surface area contributed by atoms with Gasteiger partial charge < -0.3 is 14.2 Å². The largest absolute Gasteiger partial charge is 0.493 e. The monoisotopic (exact) mass is 492 g/mol. The first-order valence-corrected chi connectivity index (χ1v) is 11.1. The van der Waals surface area contributed by atoms with E-state index in [1.807, 2.05) is 30.3 Å². The van der Waals surface area contributed by atoms with Gasteiger partial charge in [0, 0.05) is 23.6 Å². The van der Waals surface area contributed by atoms with E-state index in [1.165, 1.54) is 25.3 Å². The first-order valence-electron chi connectivity index (χ1n) is 10.7. The number of aliphatic imine (C=N–C) groups is 1. The fourth-order valence-electron chi connectivity index (χ4n) is 3.56. The predicted molar refractivity (Wildman–Crippen MR) is 132 cm³/mol. The van der Waals surface area contributed by atoms with Gasteiger partial charge in [0.25, 0.3) is 5.69 Å². The number of nitro benzene ring substituents is 1. The van der Waals surface area contributed by atoms with E-state index < -0.39 is 10.9 Å². The van der Waals surface area contributed by atoms with Crippen molar-refractivity contribution in [2.24, 2.45) is 4.99 Å². The molecular formula is C26H21ClN2O6. The van der Waals surface area contributed by atoms with Crippen LogP contribution in [0.1, 0.15) is 22.3 Å². The molecule has 0 aliphatic carbocycles. The third-order valence-electron chi connectivity index (χ3n) is 5.30. The summed E-state index contributed by atoms with van der Waals surface area (Å²) in [6.07, 6.45) is 2.23. The maximum absolute atomic E-state index is 12.4. The number of hydrogen-bond acceptors (Lipinski definition) is 7. The first kappa shape index (κ1) is 24.0. The van der Waals surface area contributed by atoms with E-state index in [9.17, 15) is 14.9 Å². The lowest BCUT2D eigenvalue weighted by Crippen LogP contribution is -2.06. The van der Waals surface area contributed by atoms with Crippen LogP contribution in [0.3, 0.4) is 0 Å². The minimum atomic E-state index is -0.644. The first-order chi connectivity index (χ1) is 16.9. The van der Waals surface area contributed by atoms with Crippen molar-refractivity contribution >= 4 is 35.2 Å². The van der Waals surface area contributed by atoms with E-state index in [1.54, 1.807) is 25.1 Å². The third kappa shape index (κ3) is 5.50. The molecule has 0 spiro atoms. The lowest BCUT2D eigenvalue weighted by molar-refractivity contribution is -0.385. The molecule has 0 fully saturated rings. The molecule has 3 aromatic carbocycles. The minimum absolute atomic E-state index is 0.0257. The molecule has 35 heavy (non-hydrogen) atoms. The van der Waals surface area contributed by atoms with E-state index in [0.717, 1.165) is 5.56 Å². The summed E-state index contributed by atoms with van der Waals surface area (Å²) in [4.78, 5) is 27.2. The molecular weight excluding hydrogens is 472 g/mol. The van der Waals surface area contributed by atoms with Crippen molar-refractivity contribution < 1.29 is 23.9 Å². The van der Waals surface area contributed by atoms with Crippen molar-refractivity contribution in [3.05, 3.63) is 104 Å². The molecule has 1 aliphatic heterocycles. The molecule has 0 radical (unpaired) electrons. The molecule has 3 aromatic rings. The topological polar surface area (TPSA) is 100 Å². The van der Waals surface area contributed by atoms with Crippen LogP contribution in [0.2, 0.25) is 5.02 Å². The number of ether oxygens (including phenoxy) is 3. The van der Waals surface area contributed by atoms with Crippen LogP contribution in [-0.4, -0.2) is 30.5 Å². The maximum Gasteiger partial charge on any atom is 0.363 e. The molecule has 0 saturated heterocycles. The van der Waals surface area contributed by atoms with Gasteiger partial charge in [0.2, 0.25) is 5.90 Å². The maximum atomic E-state index is 12.4. The predicted octanol–water partition coefficient (Wildman–Crippen LogP) is 5.53. The van der Waals surface area contributed by atoms with Gasteiger partial charge in [-0.3, -0.25) is 10.1 Å². The molecule has 178 valence electrons. The number of nitrogens with zero attached hydrogens (tertiary/aromatic N) is 2. The fourth-order valence-corrected chi connectivity index (χ4v) is 3.84. The number of benzene rings is 3. The van der Waals surface area contributed by atoms with Crippen LogP contribution >= 0.6 is 11.6 Å². The molecule has 0 amide bonds. The minimum Gasteiger partial charge on any atom is -0.493 e. The van der Waals surface area contributed by atoms with Gasteiger partial charge in [-0.25, -0.2) is 9.79 Å². The highest BCUT2D eigenvalue weighted by Crippen LogP contribution is 2.37. The zero-order chi connectivity index (χ0) is 24.9. The van der Waals surface area contributed by atoms with Gasteiger partial charge in [-0.15, -0.1) is 0 Å². The Bertz CT molecular complexity index is 1350. The Morgan fingerprint density at radius 3 is 2.60 bits per heavy atom. The lowest BCUT2D eigenvalue weighted by Gasteiger charge is -2.13. The molecule has 0 atom stereocenters. The van der Waals surface area contributed by atoms with Crippen molar-refractivity contribution in [1.29, 1.82) is 0 Å². The summed E-state index contributed by atoms with van der Waals surface area (Å²) in [6.45, 7) is 2.02. The van der Waals surface area contributed by atoms with Crippen molar-refractivity contribution in [2.45, 2.75) is 13.3 Å². The molecule has 0 N–H and O–H groups in total. The molecule has 0 aromatic heterocycles. The van der Waals surface area contributed by atoms with Crippen LogP contribution in [0.15, 0.2) is 71.4 Å². The lowest BCUT2D eigenvalue weighted by atomic mass is 10.1. The summed E-state index contributed by atoms with van der Waals surface area (Å²) in [5, 5.41) is 11.4.